The van der Waals surface area contributed by atoms with E-state index in [1.54, 1.807) is 6.08 Å². The van der Waals surface area contributed by atoms with Crippen molar-refractivity contribution >= 4 is 5.91 Å². The number of amides is 1. The second-order valence-corrected chi connectivity index (χ2v) is 25.3. The molecule has 3 aliphatic heterocycles. The lowest BCUT2D eigenvalue weighted by Gasteiger charge is -2.48. The van der Waals surface area contributed by atoms with Gasteiger partial charge in [0.1, 0.15) is 73.2 Å². The maximum absolute atomic E-state index is 13.4. The van der Waals surface area contributed by atoms with E-state index in [2.05, 4.69) is 67.8 Å². The molecule has 12 N–H and O–H groups in total. The van der Waals surface area contributed by atoms with Crippen LogP contribution in [0.15, 0.2) is 60.8 Å². The third kappa shape index (κ3) is 34.2. The molecule has 0 aromatic rings. The third-order valence-electron chi connectivity index (χ3n) is 17.5. The van der Waals surface area contributed by atoms with E-state index >= 15 is 0 Å². The van der Waals surface area contributed by atoms with E-state index in [4.69, 9.17) is 28.4 Å². The highest BCUT2D eigenvalue weighted by Crippen LogP contribution is 2.33. The van der Waals surface area contributed by atoms with Gasteiger partial charge in [-0.05, 0) is 70.6 Å². The van der Waals surface area contributed by atoms with Crippen LogP contribution in [-0.4, -0.2) is 193 Å². The summed E-state index contributed by atoms with van der Waals surface area (Å²) in [5, 5.41) is 121. The second kappa shape index (κ2) is 52.7. The minimum Gasteiger partial charge on any atom is -0.394 e. The smallest absolute Gasteiger partial charge is 0.220 e. The van der Waals surface area contributed by atoms with Gasteiger partial charge in [0.2, 0.25) is 5.91 Å². The first kappa shape index (κ1) is 81.7. The molecule has 3 heterocycles. The van der Waals surface area contributed by atoms with Gasteiger partial charge in [0.25, 0.3) is 0 Å². The van der Waals surface area contributed by atoms with Crippen molar-refractivity contribution < 1.29 is 89.4 Å². The maximum Gasteiger partial charge on any atom is 0.220 e. The fourth-order valence-corrected chi connectivity index (χ4v) is 11.7. The van der Waals surface area contributed by atoms with Crippen molar-refractivity contribution in [2.24, 2.45) is 0 Å². The summed E-state index contributed by atoms with van der Waals surface area (Å²) in [5.41, 5.74) is 0. The number of hydrogen-bond donors (Lipinski definition) is 12. The average Bonchev–Trinajstić information content (AvgIpc) is 0.853. The fraction of sp³-hybridized carbons (Fsp3) is 0.845. The molecular formula is C71H127NO18. The molecule has 3 saturated heterocycles. The molecule has 17 unspecified atom stereocenters. The number of nitrogens with one attached hydrogen (secondary N) is 1. The summed E-state index contributed by atoms with van der Waals surface area (Å²) in [4.78, 5) is 13.4. The van der Waals surface area contributed by atoms with Crippen LogP contribution in [0.5, 0.6) is 0 Å². The molecule has 524 valence electrons. The summed E-state index contributed by atoms with van der Waals surface area (Å²) < 4.78 is 34.3. The van der Waals surface area contributed by atoms with Gasteiger partial charge in [-0.15, -0.1) is 0 Å². The number of allylic oxidation sites excluding steroid dienone is 9. The largest absolute Gasteiger partial charge is 0.394 e. The van der Waals surface area contributed by atoms with Crippen LogP contribution in [0.3, 0.4) is 0 Å². The normalized spacial score (nSPS) is 28.4. The first-order chi connectivity index (χ1) is 43.8. The van der Waals surface area contributed by atoms with Gasteiger partial charge in [0.05, 0.1) is 38.6 Å². The van der Waals surface area contributed by atoms with Crippen molar-refractivity contribution in [1.29, 1.82) is 0 Å². The molecule has 0 spiro atoms. The molecule has 3 rings (SSSR count). The van der Waals surface area contributed by atoms with Gasteiger partial charge in [0, 0.05) is 6.42 Å². The lowest BCUT2D eigenvalue weighted by Crippen LogP contribution is -2.66. The van der Waals surface area contributed by atoms with Crippen LogP contribution in [0, 0.1) is 0 Å². The van der Waals surface area contributed by atoms with Gasteiger partial charge < -0.3 is 89.9 Å². The number of carbonyl (C=O) groups excluding carboxylic acids is 1. The lowest BCUT2D eigenvalue weighted by atomic mass is 9.96. The number of carbonyl (C=O) groups is 1. The van der Waals surface area contributed by atoms with E-state index < -0.39 is 124 Å². The number of unbranched alkanes of at least 4 members (excludes halogenated alkanes) is 30. The van der Waals surface area contributed by atoms with E-state index in [0.717, 1.165) is 70.6 Å². The Hall–Kier alpha value is -2.51. The predicted molar refractivity (Wildman–Crippen MR) is 351 cm³/mol. The van der Waals surface area contributed by atoms with Gasteiger partial charge in [-0.25, -0.2) is 0 Å². The van der Waals surface area contributed by atoms with E-state index in [-0.39, 0.29) is 18.9 Å². The summed E-state index contributed by atoms with van der Waals surface area (Å²) in [6, 6.07) is -1.00. The van der Waals surface area contributed by atoms with Gasteiger partial charge >= 0.3 is 0 Å². The minimum atomic E-state index is -1.98. The van der Waals surface area contributed by atoms with Crippen LogP contribution in [0.1, 0.15) is 251 Å². The molecule has 17 atom stereocenters. The highest BCUT2D eigenvalue weighted by Gasteiger charge is 2.53. The summed E-state index contributed by atoms with van der Waals surface area (Å²) in [7, 11) is 0. The van der Waals surface area contributed by atoms with Gasteiger partial charge in [-0.1, -0.05) is 235 Å². The number of hydrogen-bond acceptors (Lipinski definition) is 18. The Bertz CT molecular complexity index is 1870. The molecule has 3 aliphatic rings. The van der Waals surface area contributed by atoms with Gasteiger partial charge in [0.15, 0.2) is 18.9 Å². The second-order valence-electron chi connectivity index (χ2n) is 25.3. The Morgan fingerprint density at radius 1 is 0.400 bits per heavy atom. The number of ether oxygens (including phenoxy) is 6. The monoisotopic (exact) mass is 1280 g/mol. The van der Waals surface area contributed by atoms with Crippen molar-refractivity contribution in [2.75, 3.05) is 26.4 Å². The van der Waals surface area contributed by atoms with E-state index in [0.29, 0.717) is 12.8 Å². The van der Waals surface area contributed by atoms with Crippen molar-refractivity contribution in [3.63, 3.8) is 0 Å². The van der Waals surface area contributed by atoms with Crippen molar-refractivity contribution in [1.82, 2.24) is 5.32 Å². The molecule has 90 heavy (non-hydrogen) atoms. The Morgan fingerprint density at radius 3 is 1.19 bits per heavy atom. The van der Waals surface area contributed by atoms with Gasteiger partial charge in [-0.3, -0.25) is 4.79 Å². The number of rotatable bonds is 54. The van der Waals surface area contributed by atoms with E-state index in [9.17, 15) is 61.0 Å². The van der Waals surface area contributed by atoms with Crippen molar-refractivity contribution in [3.8, 4) is 0 Å². The molecule has 1 amide bonds. The molecule has 19 heteroatoms. The first-order valence-corrected chi connectivity index (χ1v) is 35.5. The number of aliphatic hydroxyl groups excluding tert-OH is 11. The highest BCUT2D eigenvalue weighted by atomic mass is 16.8. The van der Waals surface area contributed by atoms with Crippen LogP contribution in [-0.2, 0) is 33.2 Å². The van der Waals surface area contributed by atoms with E-state index in [1.165, 1.54) is 148 Å². The summed E-state index contributed by atoms with van der Waals surface area (Å²) >= 11 is 0. The molecule has 3 fully saturated rings. The molecule has 0 saturated carbocycles. The zero-order valence-corrected chi connectivity index (χ0v) is 55.4. The van der Waals surface area contributed by atoms with Crippen LogP contribution < -0.4 is 5.32 Å². The molecule has 19 nitrogen and oxygen atoms in total. The van der Waals surface area contributed by atoms with Crippen LogP contribution in [0.25, 0.3) is 0 Å². The number of aliphatic hydroxyl groups is 11. The molecule has 0 aliphatic carbocycles. The molecule has 0 bridgehead atoms. The first-order valence-electron chi connectivity index (χ1n) is 35.5. The fourth-order valence-electron chi connectivity index (χ4n) is 11.7. The Kier molecular flexibility index (Phi) is 47.9. The molecule has 0 radical (unpaired) electrons. The molecule has 0 aromatic carbocycles. The maximum atomic E-state index is 13.4. The van der Waals surface area contributed by atoms with Crippen molar-refractivity contribution in [3.05, 3.63) is 60.8 Å². The standard InChI is InChI=1S/C71H127NO18/c1-3-5-7-9-11-13-15-17-19-21-23-25-26-27-29-30-32-34-36-38-40-42-44-46-48-55(76)54(72-59(77)49-47-45-43-41-39-37-35-33-31-28-24-22-20-18-16-14-12-10-8-6-4-2)53-85-69-65(83)62(80)67(57(51-74)87-69)90-71-66(84)63(81)68(58(52-75)88-71)89-70-64(82)61(79)60(78)56(50-73)86-70/h16,18,22,24,31,33,38,40,46,48,54-58,60-71,73-76,78-84H,3-15,17,19-21,23,25-30,32,34-37,39,41-45,47,49-53H2,1-2H3,(H,72,77)/b18-16-,24-22-,33-31-,40-38+,48-46+. The summed E-state index contributed by atoms with van der Waals surface area (Å²) in [6.07, 6.45) is 37.7. The zero-order chi connectivity index (χ0) is 65.4. The predicted octanol–water partition coefficient (Wildman–Crippen LogP) is 9.55. The van der Waals surface area contributed by atoms with E-state index in [1.807, 2.05) is 6.08 Å². The average molecular weight is 1280 g/mol. The quantitative estimate of drug-likeness (QED) is 0.0199. The topological polar surface area (TPSA) is 307 Å². The molecule has 0 aromatic heterocycles. The summed E-state index contributed by atoms with van der Waals surface area (Å²) in [6.45, 7) is 1.71. The Labute approximate surface area is 541 Å². The third-order valence-corrected chi connectivity index (χ3v) is 17.5. The minimum absolute atomic E-state index is 0.219. The Balaban J connectivity index is 1.46. The van der Waals surface area contributed by atoms with Crippen molar-refractivity contribution in [2.45, 2.75) is 356 Å². The Morgan fingerprint density at radius 2 is 0.744 bits per heavy atom. The van der Waals surface area contributed by atoms with Crippen LogP contribution in [0.2, 0.25) is 0 Å². The van der Waals surface area contributed by atoms with Crippen LogP contribution >= 0.6 is 0 Å². The SMILES string of the molecule is CCCCCCC/C=C\C/C=C\C/C=C\CCCCCCCCC(=O)NC(COC1OC(CO)C(OC2OC(CO)C(OC3OC(CO)C(O)C(O)C3O)C(O)C2O)C(O)C1O)C(O)/C=C/CC/C=C/CCCCCCCCCCCCCCCCCCCC. The van der Waals surface area contributed by atoms with Gasteiger partial charge in [-0.2, -0.15) is 0 Å². The highest BCUT2D eigenvalue weighted by molar-refractivity contribution is 5.76. The molecular weight excluding hydrogens is 1150 g/mol. The zero-order valence-electron chi connectivity index (χ0n) is 55.4. The summed E-state index contributed by atoms with van der Waals surface area (Å²) in [5.74, 6) is -0.298. The lowest BCUT2D eigenvalue weighted by molar-refractivity contribution is -0.379. The van der Waals surface area contributed by atoms with Crippen LogP contribution in [0.4, 0.5) is 0 Å².